The number of aromatic amines is 1. The predicted molar refractivity (Wildman–Crippen MR) is 92.0 cm³/mol. The van der Waals surface area contributed by atoms with Crippen molar-refractivity contribution in [3.63, 3.8) is 0 Å². The molecule has 1 saturated heterocycles. The Hall–Kier alpha value is -2.12. The van der Waals surface area contributed by atoms with Crippen molar-refractivity contribution in [1.29, 1.82) is 0 Å². The number of nitrogens with zero attached hydrogens (tertiary/aromatic N) is 2. The van der Waals surface area contributed by atoms with Gasteiger partial charge < -0.3 is 9.88 Å². The van der Waals surface area contributed by atoms with Crippen LogP contribution in [0.1, 0.15) is 22.5 Å². The average Bonchev–Trinajstić information content (AvgIpc) is 2.98. The van der Waals surface area contributed by atoms with Crippen LogP contribution in [0.5, 0.6) is 0 Å². The maximum absolute atomic E-state index is 12.6. The molecule has 1 aliphatic heterocycles. The highest BCUT2D eigenvalue weighted by atomic mass is 32.2. The van der Waals surface area contributed by atoms with Crippen molar-refractivity contribution in [2.75, 3.05) is 26.2 Å². The van der Waals surface area contributed by atoms with Crippen molar-refractivity contribution in [3.8, 4) is 0 Å². The molecule has 1 aromatic heterocycles. The number of benzene rings is 1. The third kappa shape index (κ3) is 3.85. The van der Waals surface area contributed by atoms with E-state index in [2.05, 4.69) is 4.98 Å². The second-order valence-electron chi connectivity index (χ2n) is 5.87. The molecule has 0 saturated carbocycles. The molecule has 1 N–H and O–H groups in total. The van der Waals surface area contributed by atoms with Crippen LogP contribution in [0.25, 0.3) is 0 Å². The van der Waals surface area contributed by atoms with E-state index in [-0.39, 0.29) is 11.7 Å². The summed E-state index contributed by atoms with van der Waals surface area (Å²) in [4.78, 5) is 17.0. The fourth-order valence-corrected chi connectivity index (χ4v) is 4.45. The zero-order valence-electron chi connectivity index (χ0n) is 13.4. The van der Waals surface area contributed by atoms with Crippen molar-refractivity contribution < 1.29 is 13.2 Å². The van der Waals surface area contributed by atoms with E-state index in [1.807, 2.05) is 30.3 Å². The lowest BCUT2D eigenvalue weighted by molar-refractivity contribution is 0.0759. The normalized spacial score (nSPS) is 16.8. The van der Waals surface area contributed by atoms with Gasteiger partial charge in [0, 0.05) is 32.4 Å². The van der Waals surface area contributed by atoms with Crippen molar-refractivity contribution >= 4 is 15.9 Å². The quantitative estimate of drug-likeness (QED) is 0.915. The first-order valence-electron chi connectivity index (χ1n) is 8.01. The van der Waals surface area contributed by atoms with Gasteiger partial charge in [0.2, 0.25) is 10.0 Å². The van der Waals surface area contributed by atoms with E-state index in [0.29, 0.717) is 38.3 Å². The Morgan fingerprint density at radius 1 is 1.00 bits per heavy atom. The van der Waals surface area contributed by atoms with E-state index < -0.39 is 10.0 Å². The van der Waals surface area contributed by atoms with Gasteiger partial charge in [-0.05, 0) is 24.1 Å². The van der Waals surface area contributed by atoms with Crippen LogP contribution in [0, 0.1) is 0 Å². The third-order valence-electron chi connectivity index (χ3n) is 4.16. The van der Waals surface area contributed by atoms with Gasteiger partial charge in [0.25, 0.3) is 5.91 Å². The lowest BCUT2D eigenvalue weighted by Gasteiger charge is -2.21. The first-order chi connectivity index (χ1) is 11.6. The van der Waals surface area contributed by atoms with E-state index in [1.165, 1.54) is 4.31 Å². The van der Waals surface area contributed by atoms with Crippen LogP contribution in [0.3, 0.4) is 0 Å². The average molecular weight is 347 g/mol. The molecule has 2 aromatic rings. The maximum Gasteiger partial charge on any atom is 0.270 e. The summed E-state index contributed by atoms with van der Waals surface area (Å²) in [6.45, 7) is 1.76. The first kappa shape index (κ1) is 16.7. The smallest absolute Gasteiger partial charge is 0.270 e. The number of carbonyl (C=O) groups excluding carboxylic acids is 1. The Kier molecular flexibility index (Phi) is 5.01. The fraction of sp³-hybridized carbons (Fsp3) is 0.353. The van der Waals surface area contributed by atoms with Crippen LogP contribution in [0.4, 0.5) is 0 Å². The van der Waals surface area contributed by atoms with E-state index >= 15 is 0 Å². The first-order valence-corrected chi connectivity index (χ1v) is 9.61. The minimum Gasteiger partial charge on any atom is -0.357 e. The number of aromatic nitrogens is 1. The van der Waals surface area contributed by atoms with Crippen LogP contribution < -0.4 is 0 Å². The number of rotatable bonds is 4. The lowest BCUT2D eigenvalue weighted by Crippen LogP contribution is -2.37. The molecule has 0 aliphatic carbocycles. The van der Waals surface area contributed by atoms with Gasteiger partial charge in [0.1, 0.15) is 5.69 Å². The monoisotopic (exact) mass is 347 g/mol. The molecule has 24 heavy (non-hydrogen) atoms. The molecule has 1 aromatic carbocycles. The Morgan fingerprint density at radius 2 is 1.79 bits per heavy atom. The summed E-state index contributed by atoms with van der Waals surface area (Å²) in [7, 11) is -3.38. The number of hydrogen-bond donors (Lipinski definition) is 1. The second kappa shape index (κ2) is 7.19. The standard InChI is InChI=1S/C17H21N3O3S/c21-17(16-8-4-9-18-16)19-10-5-11-20(13-12-19)24(22,23)14-15-6-2-1-3-7-15/h1-4,6-9,18H,5,10-14H2. The number of H-pyrrole nitrogens is 1. The molecule has 0 atom stereocenters. The molecule has 1 fully saturated rings. The SMILES string of the molecule is O=C(c1ccc[nH]1)N1CCCN(S(=O)(=O)Cc2ccccc2)CC1. The molecular weight excluding hydrogens is 326 g/mol. The predicted octanol–water partition coefficient (Wildman–Crippen LogP) is 1.69. The molecule has 1 amide bonds. The number of amides is 1. The van der Waals surface area contributed by atoms with Crippen LogP contribution in [0.2, 0.25) is 0 Å². The zero-order chi connectivity index (χ0) is 17.0. The van der Waals surface area contributed by atoms with Crippen LogP contribution in [-0.4, -0.2) is 54.7 Å². The van der Waals surface area contributed by atoms with E-state index in [1.54, 1.807) is 23.2 Å². The summed E-state index contributed by atoms with van der Waals surface area (Å²) in [5.74, 6) is -0.0828. The second-order valence-corrected chi connectivity index (χ2v) is 7.84. The van der Waals surface area contributed by atoms with Gasteiger partial charge in [-0.1, -0.05) is 30.3 Å². The number of carbonyl (C=O) groups is 1. The molecule has 1 aliphatic rings. The number of hydrogen-bond acceptors (Lipinski definition) is 3. The summed E-state index contributed by atoms with van der Waals surface area (Å²) in [6, 6.07) is 12.7. The third-order valence-corrected chi connectivity index (χ3v) is 6.01. The molecule has 0 spiro atoms. The molecule has 2 heterocycles. The summed E-state index contributed by atoms with van der Waals surface area (Å²) in [5, 5.41) is 0. The van der Waals surface area contributed by atoms with Crippen molar-refractivity contribution in [1.82, 2.24) is 14.2 Å². The topological polar surface area (TPSA) is 73.5 Å². The molecule has 6 nitrogen and oxygen atoms in total. The van der Waals surface area contributed by atoms with Gasteiger partial charge >= 0.3 is 0 Å². The zero-order valence-corrected chi connectivity index (χ0v) is 14.2. The largest absolute Gasteiger partial charge is 0.357 e. The molecular formula is C17H21N3O3S. The molecule has 128 valence electrons. The molecule has 0 bridgehead atoms. The van der Waals surface area contributed by atoms with Crippen LogP contribution >= 0.6 is 0 Å². The highest BCUT2D eigenvalue weighted by molar-refractivity contribution is 7.88. The molecule has 0 radical (unpaired) electrons. The Labute approximate surface area is 142 Å². The highest BCUT2D eigenvalue weighted by Gasteiger charge is 2.27. The Bertz CT molecular complexity index is 773. The van der Waals surface area contributed by atoms with Gasteiger partial charge in [0.15, 0.2) is 0 Å². The minimum absolute atomic E-state index is 0.00157. The number of nitrogens with one attached hydrogen (secondary N) is 1. The summed E-state index contributed by atoms with van der Waals surface area (Å²) >= 11 is 0. The van der Waals surface area contributed by atoms with Crippen molar-refractivity contribution in [2.24, 2.45) is 0 Å². The Morgan fingerprint density at radius 3 is 2.50 bits per heavy atom. The van der Waals surface area contributed by atoms with Gasteiger partial charge in [-0.25, -0.2) is 8.42 Å². The molecule has 3 rings (SSSR count). The summed E-state index contributed by atoms with van der Waals surface area (Å²) in [5.41, 5.74) is 1.32. The van der Waals surface area contributed by atoms with Gasteiger partial charge in [-0.15, -0.1) is 0 Å². The summed E-state index contributed by atoms with van der Waals surface area (Å²) < 4.78 is 26.8. The number of sulfonamides is 1. The molecule has 0 unspecified atom stereocenters. The summed E-state index contributed by atoms with van der Waals surface area (Å²) in [6.07, 6.45) is 2.35. The maximum atomic E-state index is 12.6. The van der Waals surface area contributed by atoms with Crippen molar-refractivity contribution in [3.05, 3.63) is 59.9 Å². The van der Waals surface area contributed by atoms with Gasteiger partial charge in [-0.3, -0.25) is 4.79 Å². The molecule has 7 heteroatoms. The highest BCUT2D eigenvalue weighted by Crippen LogP contribution is 2.15. The van der Waals surface area contributed by atoms with Crippen molar-refractivity contribution in [2.45, 2.75) is 12.2 Å². The van der Waals surface area contributed by atoms with E-state index in [0.717, 1.165) is 5.56 Å². The minimum atomic E-state index is -3.38. The van der Waals surface area contributed by atoms with Crippen LogP contribution in [-0.2, 0) is 15.8 Å². The van der Waals surface area contributed by atoms with Crippen LogP contribution in [0.15, 0.2) is 48.7 Å². The van der Waals surface area contributed by atoms with E-state index in [4.69, 9.17) is 0 Å². The van der Waals surface area contributed by atoms with E-state index in [9.17, 15) is 13.2 Å². The van der Waals surface area contributed by atoms with Gasteiger partial charge in [0.05, 0.1) is 5.75 Å². The van der Waals surface area contributed by atoms with Gasteiger partial charge in [-0.2, -0.15) is 4.31 Å². The fourth-order valence-electron chi connectivity index (χ4n) is 2.88. The lowest BCUT2D eigenvalue weighted by atomic mass is 10.2. The Balaban J connectivity index is 1.65.